The first kappa shape index (κ1) is 13.2. The molecule has 0 aromatic carbocycles. The Labute approximate surface area is 102 Å². The molecule has 0 amide bonds. The van der Waals surface area contributed by atoms with E-state index in [1.165, 1.54) is 0 Å². The summed E-state index contributed by atoms with van der Waals surface area (Å²) in [4.78, 5) is 10.5. The maximum absolute atomic E-state index is 10.5. The molecule has 85 valence electrons. The lowest BCUT2D eigenvalue weighted by Crippen LogP contribution is -2.36. The summed E-state index contributed by atoms with van der Waals surface area (Å²) in [5, 5.41) is 14.5. The molecule has 4 N–H and O–H groups in total. The Morgan fingerprint density at radius 3 is 3.27 bits per heavy atom. The Bertz CT molecular complexity index is 242. The van der Waals surface area contributed by atoms with E-state index in [9.17, 15) is 4.79 Å². The van der Waals surface area contributed by atoms with Crippen molar-refractivity contribution in [1.82, 2.24) is 9.03 Å². The number of nitrogens with two attached hydrogens (primary N) is 1. The van der Waals surface area contributed by atoms with Gasteiger partial charge in [-0.15, -0.1) is 0 Å². The molecule has 1 aliphatic heterocycles. The van der Waals surface area contributed by atoms with Crippen LogP contribution in [0.2, 0.25) is 0 Å². The highest BCUT2D eigenvalue weighted by molar-refractivity contribution is 8.13. The van der Waals surface area contributed by atoms with Gasteiger partial charge in [-0.05, 0) is 18.4 Å². The topological polar surface area (TPSA) is 78.6 Å². The molecular formula is C7H12N3O2S3. The fourth-order valence-corrected chi connectivity index (χ4v) is 3.13. The van der Waals surface area contributed by atoms with E-state index in [1.807, 2.05) is 3.71 Å². The molecule has 0 aromatic heterocycles. The van der Waals surface area contributed by atoms with Crippen LogP contribution in [0.15, 0.2) is 0 Å². The van der Waals surface area contributed by atoms with Crippen molar-refractivity contribution in [2.45, 2.75) is 17.8 Å². The molecule has 8 heteroatoms. The van der Waals surface area contributed by atoms with Gasteiger partial charge in [0.1, 0.15) is 6.04 Å². The molecule has 15 heavy (non-hydrogen) atoms. The lowest BCUT2D eigenvalue weighted by molar-refractivity contribution is -0.138. The van der Waals surface area contributed by atoms with Crippen molar-refractivity contribution in [3.05, 3.63) is 0 Å². The molecule has 1 aliphatic rings. The smallest absolute Gasteiger partial charge is 0.320 e. The van der Waals surface area contributed by atoms with Crippen molar-refractivity contribution in [2.75, 3.05) is 12.4 Å². The highest BCUT2D eigenvalue weighted by Crippen LogP contribution is 2.30. The molecule has 2 unspecified atom stereocenters. The molecule has 0 spiro atoms. The Balaban J connectivity index is 2.24. The number of carboxylic acids is 1. The summed E-state index contributed by atoms with van der Waals surface area (Å²) in [6.07, 6.45) is 0.415. The number of hydrogen-bond acceptors (Lipinski definition) is 7. The highest BCUT2D eigenvalue weighted by atomic mass is 32.2. The largest absolute Gasteiger partial charge is 0.480 e. The lowest BCUT2D eigenvalue weighted by Gasteiger charge is -2.12. The number of aliphatic carboxylic acids is 1. The molecule has 1 radical (unpaired) electrons. The van der Waals surface area contributed by atoms with E-state index in [2.05, 4.69) is 22.9 Å². The van der Waals surface area contributed by atoms with Crippen LogP contribution in [0.25, 0.3) is 0 Å². The molecule has 1 rings (SSSR count). The van der Waals surface area contributed by atoms with Crippen molar-refractivity contribution < 1.29 is 9.90 Å². The minimum absolute atomic E-state index is 0.0636. The minimum atomic E-state index is -0.962. The summed E-state index contributed by atoms with van der Waals surface area (Å²) >= 11 is 7.70. The first-order chi connectivity index (χ1) is 7.13. The zero-order valence-electron chi connectivity index (χ0n) is 7.88. The zero-order chi connectivity index (χ0) is 11.3. The SMILES string of the molecule is NC(CC1NCN(SC[C]=S)S1)C(=O)O. The van der Waals surface area contributed by atoms with E-state index in [0.717, 1.165) is 0 Å². The predicted octanol–water partition coefficient (Wildman–Crippen LogP) is 0.150. The number of thiocarbonyl (C=S) groups is 1. The molecule has 0 aromatic rings. The van der Waals surface area contributed by atoms with E-state index in [1.54, 1.807) is 23.9 Å². The van der Waals surface area contributed by atoms with Crippen molar-refractivity contribution in [3.63, 3.8) is 0 Å². The minimum Gasteiger partial charge on any atom is -0.480 e. The number of carboxylic acid groups (broad SMARTS) is 1. The van der Waals surface area contributed by atoms with Gasteiger partial charge >= 0.3 is 5.97 Å². The molecule has 0 saturated carbocycles. The molecule has 5 nitrogen and oxygen atoms in total. The van der Waals surface area contributed by atoms with Gasteiger partial charge in [0.05, 0.1) is 12.0 Å². The normalized spacial score (nSPS) is 23.9. The van der Waals surface area contributed by atoms with Gasteiger partial charge in [0, 0.05) is 11.1 Å². The Hall–Kier alpha value is 0.140. The third-order valence-electron chi connectivity index (χ3n) is 1.75. The number of nitrogens with zero attached hydrogens (tertiary/aromatic N) is 1. The van der Waals surface area contributed by atoms with Crippen molar-refractivity contribution in [2.24, 2.45) is 5.73 Å². The monoisotopic (exact) mass is 266 g/mol. The van der Waals surface area contributed by atoms with Gasteiger partial charge in [-0.25, -0.2) is 0 Å². The summed E-state index contributed by atoms with van der Waals surface area (Å²) in [7, 11) is 0. The third-order valence-corrected chi connectivity index (χ3v) is 4.32. The molecule has 1 fully saturated rings. The molecule has 1 saturated heterocycles. The van der Waals surface area contributed by atoms with Gasteiger partial charge in [0.2, 0.25) is 0 Å². The maximum atomic E-state index is 10.5. The van der Waals surface area contributed by atoms with Gasteiger partial charge in [-0.2, -0.15) is 3.71 Å². The average molecular weight is 266 g/mol. The number of carbonyl (C=O) groups is 1. The highest BCUT2D eigenvalue weighted by Gasteiger charge is 2.26. The van der Waals surface area contributed by atoms with Gasteiger partial charge in [-0.3, -0.25) is 10.1 Å². The van der Waals surface area contributed by atoms with Crippen LogP contribution in [0.5, 0.6) is 0 Å². The zero-order valence-corrected chi connectivity index (χ0v) is 10.3. The molecule has 2 atom stereocenters. The van der Waals surface area contributed by atoms with Gasteiger partial charge in [0.15, 0.2) is 0 Å². The van der Waals surface area contributed by atoms with E-state index in [-0.39, 0.29) is 5.37 Å². The van der Waals surface area contributed by atoms with Crippen LogP contribution >= 0.6 is 36.1 Å². The molecular weight excluding hydrogens is 254 g/mol. The van der Waals surface area contributed by atoms with Gasteiger partial charge in [0.25, 0.3) is 0 Å². The van der Waals surface area contributed by atoms with Crippen molar-refractivity contribution in [3.8, 4) is 0 Å². The standard InChI is InChI=1S/C7H12N3O2S3/c8-5(7(11)12)3-6-9-4-10(15-6)14-2-1-13/h5-6,9H,2-4,8H2,(H,11,12). The first-order valence-corrected chi connectivity index (χ1v) is 6.46. The van der Waals surface area contributed by atoms with E-state index >= 15 is 0 Å². The number of hydrogen-bond donors (Lipinski definition) is 3. The Morgan fingerprint density at radius 2 is 2.67 bits per heavy atom. The lowest BCUT2D eigenvalue weighted by atomic mass is 10.2. The summed E-state index contributed by atoms with van der Waals surface area (Å²) in [6.45, 7) is 0.698. The first-order valence-electron chi connectivity index (χ1n) is 4.27. The predicted molar refractivity (Wildman–Crippen MR) is 66.5 cm³/mol. The van der Waals surface area contributed by atoms with Crippen LogP contribution in [0.4, 0.5) is 0 Å². The van der Waals surface area contributed by atoms with Crippen LogP contribution in [0, 0.1) is 0 Å². The number of rotatable bonds is 6. The van der Waals surface area contributed by atoms with Crippen LogP contribution in [0.3, 0.4) is 0 Å². The number of nitrogens with one attached hydrogen (secondary N) is 1. The average Bonchev–Trinajstić information content (AvgIpc) is 2.62. The second-order valence-corrected chi connectivity index (χ2v) is 5.62. The molecule has 0 aliphatic carbocycles. The third kappa shape index (κ3) is 4.66. The Kier molecular flexibility index (Phi) is 5.87. The Morgan fingerprint density at radius 1 is 1.93 bits per heavy atom. The maximum Gasteiger partial charge on any atom is 0.320 e. The summed E-state index contributed by atoms with van der Waals surface area (Å²) in [5.41, 5.74) is 5.43. The summed E-state index contributed by atoms with van der Waals surface area (Å²) in [6, 6.07) is -0.808. The second kappa shape index (κ2) is 6.66. The summed E-state index contributed by atoms with van der Waals surface area (Å²) in [5.74, 6) is -0.308. The second-order valence-electron chi connectivity index (χ2n) is 2.89. The molecule has 1 heterocycles. The fraction of sp³-hybridized carbons (Fsp3) is 0.714. The van der Waals surface area contributed by atoms with Crippen LogP contribution in [-0.4, -0.2) is 44.0 Å². The van der Waals surface area contributed by atoms with E-state index in [0.29, 0.717) is 18.8 Å². The van der Waals surface area contributed by atoms with Crippen LogP contribution < -0.4 is 11.1 Å². The quantitative estimate of drug-likeness (QED) is 0.463. The fourth-order valence-electron chi connectivity index (χ4n) is 1.03. The van der Waals surface area contributed by atoms with Gasteiger partial charge < -0.3 is 10.8 Å². The van der Waals surface area contributed by atoms with Gasteiger partial charge in [-0.1, -0.05) is 24.2 Å². The van der Waals surface area contributed by atoms with E-state index < -0.39 is 12.0 Å². The van der Waals surface area contributed by atoms with Crippen LogP contribution in [-0.2, 0) is 4.79 Å². The van der Waals surface area contributed by atoms with Crippen molar-refractivity contribution in [1.29, 1.82) is 0 Å². The summed E-state index contributed by atoms with van der Waals surface area (Å²) < 4.78 is 2.01. The molecule has 0 bridgehead atoms. The van der Waals surface area contributed by atoms with Crippen LogP contribution in [0.1, 0.15) is 6.42 Å². The van der Waals surface area contributed by atoms with Crippen molar-refractivity contribution >= 4 is 47.5 Å². The van der Waals surface area contributed by atoms with E-state index in [4.69, 9.17) is 10.8 Å².